The summed E-state index contributed by atoms with van der Waals surface area (Å²) in [5, 5.41) is 0.558. The zero-order valence-electron chi connectivity index (χ0n) is 14.7. The van der Waals surface area contributed by atoms with E-state index in [1.165, 1.54) is 29.8 Å². The van der Waals surface area contributed by atoms with Gasteiger partial charge in [0, 0.05) is 12.1 Å². The molecule has 1 amide bonds. The van der Waals surface area contributed by atoms with Crippen molar-refractivity contribution in [2.24, 2.45) is 0 Å². The number of esters is 2. The summed E-state index contributed by atoms with van der Waals surface area (Å²) in [4.78, 5) is 36.7. The first-order chi connectivity index (χ1) is 12.5. The van der Waals surface area contributed by atoms with Crippen molar-refractivity contribution >= 4 is 29.6 Å². The van der Waals surface area contributed by atoms with Gasteiger partial charge in [0.15, 0.2) is 0 Å². The molecule has 1 heterocycles. The van der Waals surface area contributed by atoms with Crippen LogP contribution in [0.2, 0.25) is 0 Å². The summed E-state index contributed by atoms with van der Waals surface area (Å²) in [6.07, 6.45) is 1.89. The third kappa shape index (κ3) is 5.52. The third-order valence-electron chi connectivity index (χ3n) is 3.67. The highest BCUT2D eigenvalue weighted by Gasteiger charge is 2.27. The minimum absolute atomic E-state index is 0.0782. The van der Waals surface area contributed by atoms with Gasteiger partial charge in [0.1, 0.15) is 5.75 Å². The van der Waals surface area contributed by atoms with E-state index in [1.807, 2.05) is 18.2 Å². The molecule has 0 saturated carbocycles. The quantitative estimate of drug-likeness (QED) is 0.387. The fourth-order valence-corrected chi connectivity index (χ4v) is 3.35. The van der Waals surface area contributed by atoms with Crippen LogP contribution >= 0.6 is 11.8 Å². The number of hydrogen-bond donors (Lipinski definition) is 0. The van der Waals surface area contributed by atoms with Gasteiger partial charge >= 0.3 is 11.9 Å². The molecule has 26 heavy (non-hydrogen) atoms. The molecule has 2 rings (SSSR count). The third-order valence-corrected chi connectivity index (χ3v) is 4.69. The Morgan fingerprint density at radius 3 is 2.77 bits per heavy atom. The van der Waals surface area contributed by atoms with Crippen molar-refractivity contribution in [3.8, 4) is 5.75 Å². The summed E-state index contributed by atoms with van der Waals surface area (Å²) >= 11 is 1.29. The number of benzene rings is 1. The van der Waals surface area contributed by atoms with E-state index in [4.69, 9.17) is 9.47 Å². The predicted octanol–water partition coefficient (Wildman–Crippen LogP) is 1.76. The number of amides is 1. The second-order valence-electron chi connectivity index (χ2n) is 5.40. The Labute approximate surface area is 156 Å². The molecule has 1 fully saturated rings. The SMILES string of the molecule is COC(=O)/C=C1/SCC(=O)N1CCCOC(=O)Cc1ccccc1OC. The van der Waals surface area contributed by atoms with Crippen molar-refractivity contribution < 1.29 is 28.6 Å². The zero-order chi connectivity index (χ0) is 18.9. The minimum atomic E-state index is -0.504. The van der Waals surface area contributed by atoms with Gasteiger partial charge in [-0.3, -0.25) is 9.59 Å². The molecule has 1 aromatic rings. The Balaban J connectivity index is 1.78. The first kappa shape index (κ1) is 19.8. The largest absolute Gasteiger partial charge is 0.496 e. The van der Waals surface area contributed by atoms with Crippen LogP contribution < -0.4 is 4.74 Å². The van der Waals surface area contributed by atoms with Crippen molar-refractivity contribution in [2.75, 3.05) is 33.1 Å². The molecule has 0 radical (unpaired) electrons. The molecule has 7 nitrogen and oxygen atoms in total. The Hall–Kier alpha value is -2.48. The van der Waals surface area contributed by atoms with Gasteiger partial charge in [0.25, 0.3) is 0 Å². The van der Waals surface area contributed by atoms with Gasteiger partial charge in [-0.25, -0.2) is 4.79 Å². The second-order valence-corrected chi connectivity index (χ2v) is 6.40. The molecule has 1 aliphatic heterocycles. The molecular formula is C18H21NO6S. The van der Waals surface area contributed by atoms with Crippen molar-refractivity contribution in [3.63, 3.8) is 0 Å². The van der Waals surface area contributed by atoms with Crippen LogP contribution in [0, 0.1) is 0 Å². The van der Waals surface area contributed by atoms with E-state index >= 15 is 0 Å². The van der Waals surface area contributed by atoms with Crippen LogP contribution in [0.25, 0.3) is 0 Å². The topological polar surface area (TPSA) is 82.1 Å². The molecule has 1 aromatic carbocycles. The van der Waals surface area contributed by atoms with Crippen molar-refractivity contribution in [2.45, 2.75) is 12.8 Å². The first-order valence-electron chi connectivity index (χ1n) is 8.05. The second kappa shape index (κ2) is 9.86. The first-order valence-corrected chi connectivity index (χ1v) is 9.04. The molecule has 1 saturated heterocycles. The van der Waals surface area contributed by atoms with Gasteiger partial charge in [0.05, 0.1) is 44.1 Å². The van der Waals surface area contributed by atoms with Gasteiger partial charge in [-0.2, -0.15) is 0 Å². The number of carbonyl (C=O) groups is 3. The number of hydrogen-bond acceptors (Lipinski definition) is 7. The fourth-order valence-electron chi connectivity index (χ4n) is 2.39. The van der Waals surface area contributed by atoms with Gasteiger partial charge < -0.3 is 19.1 Å². The van der Waals surface area contributed by atoms with Gasteiger partial charge in [-0.15, -0.1) is 0 Å². The number of methoxy groups -OCH3 is 2. The molecule has 0 spiro atoms. The van der Waals surface area contributed by atoms with E-state index < -0.39 is 5.97 Å². The molecule has 0 bridgehead atoms. The molecule has 0 N–H and O–H groups in total. The minimum Gasteiger partial charge on any atom is -0.496 e. The van der Waals surface area contributed by atoms with Crippen LogP contribution in [-0.2, 0) is 30.3 Å². The van der Waals surface area contributed by atoms with Crippen LogP contribution in [0.15, 0.2) is 35.4 Å². The average Bonchev–Trinajstić information content (AvgIpc) is 2.98. The molecule has 0 unspecified atom stereocenters. The van der Waals surface area contributed by atoms with Gasteiger partial charge in [-0.1, -0.05) is 30.0 Å². The van der Waals surface area contributed by atoms with Gasteiger partial charge in [0.2, 0.25) is 5.91 Å². The summed E-state index contributed by atoms with van der Waals surface area (Å²) in [6.45, 7) is 0.560. The molecule has 8 heteroatoms. The van der Waals surface area contributed by atoms with E-state index in [-0.39, 0.29) is 30.7 Å². The van der Waals surface area contributed by atoms with E-state index in [0.29, 0.717) is 23.7 Å². The normalized spacial score (nSPS) is 15.2. The van der Waals surface area contributed by atoms with E-state index in [0.717, 1.165) is 5.56 Å². The smallest absolute Gasteiger partial charge is 0.333 e. The summed E-state index contributed by atoms with van der Waals surface area (Å²) in [5.74, 6) is -0.0132. The number of rotatable bonds is 8. The Morgan fingerprint density at radius 1 is 1.27 bits per heavy atom. The Kier molecular flexibility index (Phi) is 7.53. The lowest BCUT2D eigenvalue weighted by atomic mass is 10.1. The standard InChI is InChI=1S/C18H21NO6S/c1-23-14-7-4-3-6-13(14)10-18(22)25-9-5-8-19-15(20)12-26-16(19)11-17(21)24-2/h3-4,6-7,11H,5,8-10,12H2,1-2H3/b16-11+. The Morgan fingerprint density at radius 2 is 2.04 bits per heavy atom. The molecule has 0 atom stereocenters. The van der Waals surface area contributed by atoms with E-state index in [9.17, 15) is 14.4 Å². The predicted molar refractivity (Wildman–Crippen MR) is 96.5 cm³/mol. The zero-order valence-corrected chi connectivity index (χ0v) is 15.5. The number of ether oxygens (including phenoxy) is 3. The molecule has 0 aliphatic carbocycles. The van der Waals surface area contributed by atoms with Crippen molar-refractivity contribution in [3.05, 3.63) is 40.9 Å². The van der Waals surface area contributed by atoms with Gasteiger partial charge in [-0.05, 0) is 12.5 Å². The summed E-state index contributed by atoms with van der Waals surface area (Å²) < 4.78 is 15.0. The number of thioether (sulfide) groups is 1. The summed E-state index contributed by atoms with van der Waals surface area (Å²) in [6, 6.07) is 7.26. The number of carbonyl (C=O) groups excluding carboxylic acids is 3. The number of para-hydroxylation sites is 1. The van der Waals surface area contributed by atoms with Crippen LogP contribution in [0.3, 0.4) is 0 Å². The van der Waals surface area contributed by atoms with Crippen LogP contribution in [0.1, 0.15) is 12.0 Å². The number of nitrogens with zero attached hydrogens (tertiary/aromatic N) is 1. The highest BCUT2D eigenvalue weighted by atomic mass is 32.2. The molecular weight excluding hydrogens is 358 g/mol. The maximum Gasteiger partial charge on any atom is 0.333 e. The van der Waals surface area contributed by atoms with E-state index in [1.54, 1.807) is 13.2 Å². The highest BCUT2D eigenvalue weighted by Crippen LogP contribution is 2.28. The average molecular weight is 379 g/mol. The maximum atomic E-state index is 12.0. The molecule has 1 aliphatic rings. The summed E-state index contributed by atoms with van der Waals surface area (Å²) in [7, 11) is 2.83. The lowest BCUT2D eigenvalue weighted by Gasteiger charge is -2.16. The fraction of sp³-hybridized carbons (Fsp3) is 0.389. The highest BCUT2D eigenvalue weighted by molar-refractivity contribution is 8.04. The monoisotopic (exact) mass is 379 g/mol. The molecule has 0 aromatic heterocycles. The van der Waals surface area contributed by atoms with E-state index in [2.05, 4.69) is 4.74 Å². The van der Waals surface area contributed by atoms with Crippen LogP contribution in [0.4, 0.5) is 0 Å². The van der Waals surface area contributed by atoms with Crippen LogP contribution in [0.5, 0.6) is 5.75 Å². The lowest BCUT2D eigenvalue weighted by molar-refractivity contribution is -0.143. The Bertz CT molecular complexity index is 703. The van der Waals surface area contributed by atoms with Crippen molar-refractivity contribution in [1.29, 1.82) is 0 Å². The van der Waals surface area contributed by atoms with Crippen molar-refractivity contribution in [1.82, 2.24) is 4.90 Å². The summed E-state index contributed by atoms with van der Waals surface area (Å²) in [5.41, 5.74) is 0.759. The lowest BCUT2D eigenvalue weighted by Crippen LogP contribution is -2.27. The molecule has 140 valence electrons. The van der Waals surface area contributed by atoms with Crippen LogP contribution in [-0.4, -0.2) is 55.9 Å². The maximum absolute atomic E-state index is 12.0.